The monoisotopic (exact) mass is 1050 g/mol. The van der Waals surface area contributed by atoms with Crippen molar-refractivity contribution in [3.05, 3.63) is 71.2 Å². The summed E-state index contributed by atoms with van der Waals surface area (Å²) in [5, 5.41) is 6.27. The summed E-state index contributed by atoms with van der Waals surface area (Å²) in [5.74, 6) is 0.388. The van der Waals surface area contributed by atoms with Crippen LogP contribution < -0.4 is 40.2 Å². The Morgan fingerprint density at radius 3 is 1.33 bits per heavy atom. The van der Waals surface area contributed by atoms with Crippen LogP contribution in [0.3, 0.4) is 0 Å². The van der Waals surface area contributed by atoms with Gasteiger partial charge in [-0.1, -0.05) is 23.2 Å². The van der Waals surface area contributed by atoms with Gasteiger partial charge in [0.1, 0.15) is 23.6 Å². The molecule has 2 unspecified atom stereocenters. The lowest BCUT2D eigenvalue weighted by atomic mass is 9.81. The van der Waals surface area contributed by atoms with E-state index >= 15 is 0 Å². The summed E-state index contributed by atoms with van der Waals surface area (Å²) in [6, 6.07) is 11.0. The molecule has 6 aromatic rings. The van der Waals surface area contributed by atoms with Gasteiger partial charge in [0.2, 0.25) is 23.7 Å². The number of hydrogen-bond acceptors (Lipinski definition) is 20. The Kier molecular flexibility index (Phi) is 16.7. The van der Waals surface area contributed by atoms with Crippen LogP contribution in [0.4, 0.5) is 11.9 Å². The normalized spacial score (nSPS) is 20.0. The summed E-state index contributed by atoms with van der Waals surface area (Å²) in [5.41, 5.74) is 13.8. The standard InChI is InChI=1S/2C21H26ClN6O6P/c2*1-12(20(29)32-3)27-35(30,34-16-6-4-14(22)5-7-16)33-10-13-8-15(9-13)28-11-24-17-18(28)25-21(23)26-19(17)31-2/h2*4-7,11-13,15H,8-10H2,1-3H3,(H,27,30)(H2,23,25,26)/t2*12-,13?,15?,35?/m00/s1. The maximum atomic E-state index is 13.5. The highest BCUT2D eigenvalue weighted by Gasteiger charge is 2.39. The largest absolute Gasteiger partial charge is 0.479 e. The minimum atomic E-state index is -3.92. The van der Waals surface area contributed by atoms with Crippen molar-refractivity contribution in [3.63, 3.8) is 0 Å². The summed E-state index contributed by atoms with van der Waals surface area (Å²) in [6.45, 7) is 3.32. The average molecular weight is 1050 g/mol. The SMILES string of the molecule is COC(=O)[C@H](C)NP(=O)(OCC1CC(n2cnc3c(OC)nc(N)nc32)C1)Oc1ccc(Cl)cc1.COC(=O)[C@H](C)NP(=O)(OCC1CC(n2cnc3c(OC)nc(N)nc32)C1)Oc1ccc(Cl)cc1. The van der Waals surface area contributed by atoms with Crippen molar-refractivity contribution in [2.75, 3.05) is 53.1 Å². The first-order chi connectivity index (χ1) is 33.4. The number of carbonyl (C=O) groups is 2. The number of esters is 2. The number of hydrogen-bond donors (Lipinski definition) is 4. The number of nitrogens with zero attached hydrogens (tertiary/aromatic N) is 8. The maximum absolute atomic E-state index is 13.5. The van der Waals surface area contributed by atoms with Crippen LogP contribution in [-0.2, 0) is 37.2 Å². The minimum Gasteiger partial charge on any atom is -0.479 e. The van der Waals surface area contributed by atoms with Gasteiger partial charge in [-0.05, 0) is 99.9 Å². The van der Waals surface area contributed by atoms with Crippen molar-refractivity contribution in [3.8, 4) is 23.3 Å². The Bertz CT molecular complexity index is 2690. The van der Waals surface area contributed by atoms with Gasteiger partial charge in [-0.3, -0.25) is 18.6 Å². The number of carbonyl (C=O) groups excluding carboxylic acids is 2. The second kappa shape index (κ2) is 22.5. The highest BCUT2D eigenvalue weighted by molar-refractivity contribution is 7.52. The van der Waals surface area contributed by atoms with Crippen LogP contribution in [0.2, 0.25) is 10.0 Å². The topological polar surface area (TPSA) is 305 Å². The number of nitrogen functional groups attached to an aromatic ring is 2. The van der Waals surface area contributed by atoms with Crippen LogP contribution in [0.25, 0.3) is 22.3 Å². The summed E-state index contributed by atoms with van der Waals surface area (Å²) >= 11 is 11.8. The molecule has 0 bridgehead atoms. The number of imidazole rings is 2. The lowest BCUT2D eigenvalue weighted by Crippen LogP contribution is -2.36. The molecule has 0 radical (unpaired) electrons. The van der Waals surface area contributed by atoms with E-state index in [0.29, 0.717) is 44.1 Å². The Morgan fingerprint density at radius 2 is 1.00 bits per heavy atom. The van der Waals surface area contributed by atoms with Crippen LogP contribution in [-0.4, -0.2) is 105 Å². The van der Waals surface area contributed by atoms with E-state index in [1.165, 1.54) is 42.3 Å². The molecule has 0 aliphatic heterocycles. The smallest absolute Gasteiger partial charge is 0.459 e. The van der Waals surface area contributed by atoms with Crippen LogP contribution in [0, 0.1) is 11.8 Å². The zero-order valence-corrected chi connectivity index (χ0v) is 42.1. The number of benzene rings is 2. The van der Waals surface area contributed by atoms with E-state index in [9.17, 15) is 18.7 Å². The lowest BCUT2D eigenvalue weighted by Gasteiger charge is -2.36. The summed E-state index contributed by atoms with van der Waals surface area (Å²) in [7, 11) is -2.35. The molecule has 376 valence electrons. The van der Waals surface area contributed by atoms with Gasteiger partial charge in [0.15, 0.2) is 22.3 Å². The van der Waals surface area contributed by atoms with E-state index in [0.717, 1.165) is 25.7 Å². The molecule has 4 heterocycles. The molecule has 0 amide bonds. The van der Waals surface area contributed by atoms with E-state index < -0.39 is 39.5 Å². The molecule has 4 aromatic heterocycles. The maximum Gasteiger partial charge on any atom is 0.459 e. The summed E-state index contributed by atoms with van der Waals surface area (Å²) in [6.07, 6.45) is 6.26. The third-order valence-corrected chi connectivity index (χ3v) is 15.1. The average Bonchev–Trinajstić information content (AvgIpc) is 3.92. The number of anilines is 2. The van der Waals surface area contributed by atoms with Gasteiger partial charge in [0.25, 0.3) is 0 Å². The number of methoxy groups -OCH3 is 4. The number of fused-ring (bicyclic) bond motifs is 2. The molecule has 2 saturated carbocycles. The highest BCUT2D eigenvalue weighted by Crippen LogP contribution is 2.50. The number of nitrogens with two attached hydrogens (primary N) is 2. The highest BCUT2D eigenvalue weighted by atomic mass is 35.5. The summed E-state index contributed by atoms with van der Waals surface area (Å²) in [4.78, 5) is 49.1. The van der Waals surface area contributed by atoms with Gasteiger partial charge in [-0.2, -0.15) is 30.1 Å². The second-order valence-electron chi connectivity index (χ2n) is 16.2. The van der Waals surface area contributed by atoms with Crippen molar-refractivity contribution in [1.29, 1.82) is 0 Å². The minimum absolute atomic E-state index is 0.0934. The van der Waals surface area contributed by atoms with Crippen molar-refractivity contribution >= 4 is 84.9 Å². The molecular weight excluding hydrogens is 997 g/mol. The van der Waals surface area contributed by atoms with Crippen molar-refractivity contribution in [2.45, 2.75) is 63.7 Å². The molecule has 6 N–H and O–H groups in total. The molecular formula is C42H52Cl2N12O12P2. The number of aromatic nitrogens is 8. The molecule has 2 aliphatic carbocycles. The van der Waals surface area contributed by atoms with Crippen molar-refractivity contribution < 1.29 is 55.8 Å². The first kappa shape index (κ1) is 52.0. The first-order valence-electron chi connectivity index (χ1n) is 21.6. The van der Waals surface area contributed by atoms with Gasteiger partial charge in [0, 0.05) is 22.1 Å². The van der Waals surface area contributed by atoms with Crippen molar-refractivity contribution in [1.82, 2.24) is 49.2 Å². The Hall–Kier alpha value is -5.84. The number of rotatable bonds is 20. The third-order valence-electron chi connectivity index (χ3n) is 11.3. The molecule has 28 heteroatoms. The quantitative estimate of drug-likeness (QED) is 0.0454. The number of ether oxygens (including phenoxy) is 4. The fourth-order valence-electron chi connectivity index (χ4n) is 7.55. The zero-order chi connectivity index (χ0) is 50.3. The lowest BCUT2D eigenvalue weighted by molar-refractivity contribution is -0.143. The molecule has 8 rings (SSSR count). The van der Waals surface area contributed by atoms with Crippen LogP contribution >= 0.6 is 38.7 Å². The third kappa shape index (κ3) is 12.5. The van der Waals surface area contributed by atoms with Crippen LogP contribution in [0.1, 0.15) is 51.6 Å². The van der Waals surface area contributed by atoms with Gasteiger partial charge >= 0.3 is 27.4 Å². The fourth-order valence-corrected chi connectivity index (χ4v) is 10.9. The summed E-state index contributed by atoms with van der Waals surface area (Å²) < 4.78 is 73.4. The predicted octanol–water partition coefficient (Wildman–Crippen LogP) is 6.75. The molecule has 2 fully saturated rings. The fraction of sp³-hybridized carbons (Fsp3) is 0.429. The number of nitrogens with one attached hydrogen (secondary N) is 2. The van der Waals surface area contributed by atoms with Crippen molar-refractivity contribution in [2.24, 2.45) is 11.8 Å². The van der Waals surface area contributed by atoms with Gasteiger partial charge < -0.3 is 48.6 Å². The van der Waals surface area contributed by atoms with E-state index in [1.54, 1.807) is 61.2 Å². The Balaban J connectivity index is 0.000000206. The van der Waals surface area contributed by atoms with E-state index in [2.05, 4.69) is 40.1 Å². The van der Waals surface area contributed by atoms with Crippen LogP contribution in [0.15, 0.2) is 61.2 Å². The van der Waals surface area contributed by atoms with Gasteiger partial charge in [-0.25, -0.2) is 19.1 Å². The van der Waals surface area contributed by atoms with E-state index in [1.807, 2.05) is 9.13 Å². The van der Waals surface area contributed by atoms with Crippen LogP contribution in [0.5, 0.6) is 23.3 Å². The molecule has 4 atom stereocenters. The van der Waals surface area contributed by atoms with Gasteiger partial charge in [0.05, 0.1) is 54.3 Å². The van der Waals surface area contributed by atoms with E-state index in [-0.39, 0.29) is 60.5 Å². The van der Waals surface area contributed by atoms with Gasteiger partial charge in [-0.15, -0.1) is 0 Å². The molecule has 2 aliphatic rings. The molecule has 24 nitrogen and oxygen atoms in total. The second-order valence-corrected chi connectivity index (χ2v) is 20.5. The predicted molar refractivity (Wildman–Crippen MR) is 257 cm³/mol. The zero-order valence-electron chi connectivity index (χ0n) is 38.8. The molecule has 0 spiro atoms. The molecule has 70 heavy (non-hydrogen) atoms. The van der Waals surface area contributed by atoms with E-state index in [4.69, 9.17) is 71.7 Å². The number of halogens is 2. The first-order valence-corrected chi connectivity index (χ1v) is 25.4. The Labute approximate surface area is 411 Å². The molecule has 0 saturated heterocycles. The Morgan fingerprint density at radius 1 is 0.643 bits per heavy atom. The molecule has 2 aromatic carbocycles.